The number of hydrogen-bond acceptors (Lipinski definition) is 4. The van der Waals surface area contributed by atoms with Gasteiger partial charge in [-0.15, -0.1) is 0 Å². The van der Waals surface area contributed by atoms with E-state index in [2.05, 4.69) is 4.72 Å². The number of nitrogens with one attached hydrogen (secondary N) is 1. The number of aryl methyl sites for hydroxylation is 1. The van der Waals surface area contributed by atoms with Gasteiger partial charge in [-0.3, -0.25) is 9.52 Å². The highest BCUT2D eigenvalue weighted by Crippen LogP contribution is 2.17. The molecule has 1 aliphatic rings. The molecular formula is C19H30N2O4S. The largest absolute Gasteiger partial charge is 0.378 e. The molecule has 0 spiro atoms. The van der Waals surface area contributed by atoms with Crippen LogP contribution < -0.4 is 4.72 Å². The maximum atomic E-state index is 12.5. The zero-order valence-electron chi connectivity index (χ0n) is 15.9. The van der Waals surface area contributed by atoms with Gasteiger partial charge >= 0.3 is 0 Å². The Morgan fingerprint density at radius 2 is 2.00 bits per heavy atom. The maximum Gasteiger partial charge on any atom is 0.233 e. The van der Waals surface area contributed by atoms with E-state index in [4.69, 9.17) is 4.74 Å². The quantitative estimate of drug-likeness (QED) is 0.750. The van der Waals surface area contributed by atoms with Crippen molar-refractivity contribution in [3.8, 4) is 0 Å². The summed E-state index contributed by atoms with van der Waals surface area (Å²) in [7, 11) is -1.86. The molecule has 1 aromatic carbocycles. The predicted octanol–water partition coefficient (Wildman–Crippen LogP) is 2.79. The zero-order valence-corrected chi connectivity index (χ0v) is 16.7. The predicted molar refractivity (Wildman–Crippen MR) is 104 cm³/mol. The van der Waals surface area contributed by atoms with E-state index in [-0.39, 0.29) is 17.8 Å². The van der Waals surface area contributed by atoms with Gasteiger partial charge < -0.3 is 9.64 Å². The lowest BCUT2D eigenvalue weighted by molar-refractivity contribution is -0.133. The van der Waals surface area contributed by atoms with Gasteiger partial charge in [0.05, 0.1) is 17.8 Å². The minimum absolute atomic E-state index is 0.157. The van der Waals surface area contributed by atoms with Crippen LogP contribution in [0.1, 0.15) is 38.2 Å². The van der Waals surface area contributed by atoms with Gasteiger partial charge in [-0.05, 0) is 44.7 Å². The first kappa shape index (κ1) is 20.7. The van der Waals surface area contributed by atoms with Gasteiger partial charge in [0, 0.05) is 25.9 Å². The first-order chi connectivity index (χ1) is 12.3. The summed E-state index contributed by atoms with van der Waals surface area (Å²) in [5.74, 6) is -0.991. The van der Waals surface area contributed by atoms with Crippen molar-refractivity contribution in [2.24, 2.45) is 5.92 Å². The van der Waals surface area contributed by atoms with Crippen molar-refractivity contribution in [2.45, 2.75) is 45.6 Å². The number of rotatable bonds is 8. The second kappa shape index (κ2) is 9.37. The zero-order chi connectivity index (χ0) is 19.2. The van der Waals surface area contributed by atoms with Crippen LogP contribution in [0.2, 0.25) is 0 Å². The van der Waals surface area contributed by atoms with Gasteiger partial charge in [-0.1, -0.05) is 24.6 Å². The summed E-state index contributed by atoms with van der Waals surface area (Å²) in [5, 5.41) is 0. The normalized spacial score (nSPS) is 19.0. The van der Waals surface area contributed by atoms with Crippen LogP contribution >= 0.6 is 0 Å². The van der Waals surface area contributed by atoms with Crippen LogP contribution in [0.25, 0.3) is 0 Å². The maximum absolute atomic E-state index is 12.5. The minimum Gasteiger partial charge on any atom is -0.378 e. The summed E-state index contributed by atoms with van der Waals surface area (Å²) in [6.07, 6.45) is 4.31. The standard InChI is InChI=1S/C19H30N2O4S/c1-15-7-9-17(10-8-15)20-26(23,24)14-16(2)19(22)21(3)12-11-18-6-4-5-13-25-18/h7-10,16,18,20H,4-6,11-14H2,1-3H3. The van der Waals surface area contributed by atoms with E-state index >= 15 is 0 Å². The second-order valence-corrected chi connectivity index (χ2v) is 8.95. The van der Waals surface area contributed by atoms with E-state index in [9.17, 15) is 13.2 Å². The molecule has 0 aliphatic carbocycles. The average molecular weight is 383 g/mol. The fourth-order valence-corrected chi connectivity index (χ4v) is 4.48. The molecule has 1 amide bonds. The molecule has 0 aromatic heterocycles. The smallest absolute Gasteiger partial charge is 0.233 e. The summed E-state index contributed by atoms with van der Waals surface area (Å²) in [6, 6.07) is 7.12. The molecule has 2 rings (SSSR count). The molecule has 2 atom stereocenters. The van der Waals surface area contributed by atoms with Crippen LogP contribution in [-0.4, -0.2) is 51.3 Å². The topological polar surface area (TPSA) is 75.7 Å². The molecular weight excluding hydrogens is 352 g/mol. The molecule has 1 fully saturated rings. The third kappa shape index (κ3) is 6.61. The highest BCUT2D eigenvalue weighted by atomic mass is 32.2. The van der Waals surface area contributed by atoms with Gasteiger partial charge in [0.15, 0.2) is 0 Å². The third-order valence-electron chi connectivity index (χ3n) is 4.65. The number of carbonyl (C=O) groups excluding carboxylic acids is 1. The minimum atomic E-state index is -3.58. The van der Waals surface area contributed by atoms with Gasteiger partial charge in [0.2, 0.25) is 15.9 Å². The summed E-state index contributed by atoms with van der Waals surface area (Å²) < 4.78 is 32.9. The molecule has 1 saturated heterocycles. The average Bonchev–Trinajstić information content (AvgIpc) is 2.61. The van der Waals surface area contributed by atoms with Crippen LogP contribution in [0.15, 0.2) is 24.3 Å². The number of sulfonamides is 1. The van der Waals surface area contributed by atoms with Crippen molar-refractivity contribution in [2.75, 3.05) is 30.7 Å². The van der Waals surface area contributed by atoms with Gasteiger partial charge in [-0.2, -0.15) is 0 Å². The van der Waals surface area contributed by atoms with Crippen molar-refractivity contribution in [3.05, 3.63) is 29.8 Å². The van der Waals surface area contributed by atoms with Gasteiger partial charge in [-0.25, -0.2) is 8.42 Å². The molecule has 1 aliphatic heterocycles. The second-order valence-electron chi connectivity index (χ2n) is 7.19. The fraction of sp³-hybridized carbons (Fsp3) is 0.632. The van der Waals surface area contributed by atoms with Crippen LogP contribution in [0, 0.1) is 12.8 Å². The van der Waals surface area contributed by atoms with Gasteiger partial charge in [0.1, 0.15) is 0 Å². The lowest BCUT2D eigenvalue weighted by atomic mass is 10.1. The van der Waals surface area contributed by atoms with Gasteiger partial charge in [0.25, 0.3) is 0 Å². The number of nitrogens with zero attached hydrogens (tertiary/aromatic N) is 1. The van der Waals surface area contributed by atoms with E-state index in [0.29, 0.717) is 12.2 Å². The lowest BCUT2D eigenvalue weighted by Gasteiger charge is -2.26. The molecule has 1 aromatic rings. The number of hydrogen-bond donors (Lipinski definition) is 1. The van der Waals surface area contributed by atoms with Crippen LogP contribution in [-0.2, 0) is 19.6 Å². The highest BCUT2D eigenvalue weighted by molar-refractivity contribution is 7.92. The summed E-state index contributed by atoms with van der Waals surface area (Å²) in [4.78, 5) is 14.1. The molecule has 2 unspecified atom stereocenters. The molecule has 0 saturated carbocycles. The van der Waals surface area contributed by atoms with Crippen molar-refractivity contribution in [3.63, 3.8) is 0 Å². The van der Waals surface area contributed by atoms with Crippen LogP contribution in [0.4, 0.5) is 5.69 Å². The van der Waals surface area contributed by atoms with Crippen molar-refractivity contribution in [1.82, 2.24) is 4.90 Å². The Hall–Kier alpha value is -1.60. The highest BCUT2D eigenvalue weighted by Gasteiger charge is 2.25. The van der Waals surface area contributed by atoms with E-state index in [1.807, 2.05) is 19.1 Å². The Morgan fingerprint density at radius 3 is 2.62 bits per heavy atom. The van der Waals surface area contributed by atoms with E-state index in [0.717, 1.165) is 31.4 Å². The molecule has 0 bridgehead atoms. The Bertz CT molecular complexity index is 682. The Balaban J connectivity index is 1.82. The van der Waals surface area contributed by atoms with Crippen LogP contribution in [0.5, 0.6) is 0 Å². The van der Waals surface area contributed by atoms with Crippen molar-refractivity contribution >= 4 is 21.6 Å². The Labute approximate surface area is 157 Å². The lowest BCUT2D eigenvalue weighted by Crippen LogP contribution is -2.38. The molecule has 6 nitrogen and oxygen atoms in total. The molecule has 1 N–H and O–H groups in total. The monoisotopic (exact) mass is 382 g/mol. The summed E-state index contributed by atoms with van der Waals surface area (Å²) >= 11 is 0. The van der Waals surface area contributed by atoms with Crippen molar-refractivity contribution < 1.29 is 17.9 Å². The summed E-state index contributed by atoms with van der Waals surface area (Å²) in [6.45, 7) is 4.97. The molecule has 0 radical (unpaired) electrons. The Morgan fingerprint density at radius 1 is 1.31 bits per heavy atom. The first-order valence-electron chi connectivity index (χ1n) is 9.20. The third-order valence-corrected chi connectivity index (χ3v) is 6.14. The first-order valence-corrected chi connectivity index (χ1v) is 10.9. The molecule has 146 valence electrons. The van der Waals surface area contributed by atoms with Crippen molar-refractivity contribution in [1.29, 1.82) is 0 Å². The van der Waals surface area contributed by atoms with Crippen LogP contribution in [0.3, 0.4) is 0 Å². The molecule has 1 heterocycles. The van der Waals surface area contributed by atoms with E-state index < -0.39 is 15.9 Å². The fourth-order valence-electron chi connectivity index (χ4n) is 3.10. The van der Waals surface area contributed by atoms with E-state index in [1.165, 1.54) is 6.42 Å². The molecule has 26 heavy (non-hydrogen) atoms. The number of ether oxygens (including phenoxy) is 1. The Kier molecular flexibility index (Phi) is 7.46. The molecule has 7 heteroatoms. The number of anilines is 1. The number of benzene rings is 1. The summed E-state index contributed by atoms with van der Waals surface area (Å²) in [5.41, 5.74) is 1.57. The SMILES string of the molecule is Cc1ccc(NS(=O)(=O)CC(C)C(=O)N(C)CCC2CCCCO2)cc1. The number of amides is 1. The van der Waals surface area contributed by atoms with E-state index in [1.54, 1.807) is 31.0 Å². The number of carbonyl (C=O) groups is 1.